The molecule has 0 saturated carbocycles. The number of likely N-dealkylation sites (tertiary alicyclic amines) is 1. The minimum atomic E-state index is -0.253. The Kier molecular flexibility index (Phi) is 3.98. The lowest BCUT2D eigenvalue weighted by Gasteiger charge is -2.34. The fraction of sp³-hybridized carbons (Fsp3) is 0.533. The zero-order valence-electron chi connectivity index (χ0n) is 11.5. The number of aliphatic hydroxyl groups is 1. The molecule has 1 unspecified atom stereocenters. The lowest BCUT2D eigenvalue weighted by molar-refractivity contribution is 0.130. The van der Waals surface area contributed by atoms with Crippen LogP contribution in [-0.2, 0) is 0 Å². The van der Waals surface area contributed by atoms with Gasteiger partial charge in [-0.05, 0) is 37.9 Å². The Morgan fingerprint density at radius 2 is 2.30 bits per heavy atom. The fourth-order valence-corrected chi connectivity index (χ4v) is 3.00. The Labute approximate surface area is 117 Å². The molecular formula is C15H20FN3O. The van der Waals surface area contributed by atoms with E-state index in [9.17, 15) is 4.39 Å². The smallest absolute Gasteiger partial charge is 0.125 e. The summed E-state index contributed by atoms with van der Waals surface area (Å²) < 4.78 is 13.2. The number of halogens is 1. The maximum Gasteiger partial charge on any atom is 0.125 e. The van der Waals surface area contributed by atoms with Crippen molar-refractivity contribution in [1.29, 1.82) is 0 Å². The summed E-state index contributed by atoms with van der Waals surface area (Å²) >= 11 is 0. The fourth-order valence-electron chi connectivity index (χ4n) is 3.00. The van der Waals surface area contributed by atoms with E-state index in [0.717, 1.165) is 37.3 Å². The number of aromatic amines is 1. The van der Waals surface area contributed by atoms with Gasteiger partial charge in [-0.25, -0.2) is 9.37 Å². The normalized spacial score (nSPS) is 20.6. The van der Waals surface area contributed by atoms with Crippen molar-refractivity contribution in [3.63, 3.8) is 0 Å². The molecule has 1 aromatic carbocycles. The second-order valence-corrected chi connectivity index (χ2v) is 5.41. The summed E-state index contributed by atoms with van der Waals surface area (Å²) in [6.45, 7) is 2.14. The van der Waals surface area contributed by atoms with Crippen LogP contribution in [-0.4, -0.2) is 39.7 Å². The zero-order chi connectivity index (χ0) is 13.9. The van der Waals surface area contributed by atoms with Crippen molar-refractivity contribution in [2.24, 2.45) is 0 Å². The van der Waals surface area contributed by atoms with E-state index in [0.29, 0.717) is 5.52 Å². The van der Waals surface area contributed by atoms with Crippen LogP contribution in [0.4, 0.5) is 4.39 Å². The van der Waals surface area contributed by atoms with E-state index in [4.69, 9.17) is 5.11 Å². The molecule has 2 aromatic rings. The molecule has 3 rings (SSSR count). The molecule has 0 amide bonds. The predicted molar refractivity (Wildman–Crippen MR) is 75.9 cm³/mol. The van der Waals surface area contributed by atoms with Gasteiger partial charge in [0.2, 0.25) is 0 Å². The molecule has 2 heterocycles. The van der Waals surface area contributed by atoms with Crippen LogP contribution in [0, 0.1) is 5.82 Å². The minimum Gasteiger partial charge on any atom is -0.396 e. The number of nitrogens with one attached hydrogen (secondary N) is 1. The Morgan fingerprint density at radius 1 is 1.40 bits per heavy atom. The number of H-pyrrole nitrogens is 1. The molecule has 1 saturated heterocycles. The number of nitrogens with zero attached hydrogens (tertiary/aromatic N) is 2. The van der Waals surface area contributed by atoms with Gasteiger partial charge in [-0.15, -0.1) is 0 Å². The standard InChI is InChI=1S/C15H20FN3O/c16-11-5-6-12-13(10-11)18-15(17-12)14-4-1-2-7-19(14)8-3-9-20/h5-6,10,14,20H,1-4,7-9H2,(H,17,18). The molecule has 108 valence electrons. The quantitative estimate of drug-likeness (QED) is 0.903. The van der Waals surface area contributed by atoms with Crippen LogP contribution in [0.3, 0.4) is 0 Å². The topological polar surface area (TPSA) is 52.1 Å². The third-order valence-electron chi connectivity index (χ3n) is 4.00. The summed E-state index contributed by atoms with van der Waals surface area (Å²) in [5.41, 5.74) is 1.57. The van der Waals surface area contributed by atoms with Gasteiger partial charge in [-0.2, -0.15) is 0 Å². The molecule has 20 heavy (non-hydrogen) atoms. The number of hydrogen-bond donors (Lipinski definition) is 2. The Morgan fingerprint density at radius 3 is 3.15 bits per heavy atom. The first-order valence-corrected chi connectivity index (χ1v) is 7.28. The van der Waals surface area contributed by atoms with Crippen molar-refractivity contribution in [3.05, 3.63) is 29.8 Å². The highest BCUT2D eigenvalue weighted by molar-refractivity contribution is 5.75. The maximum atomic E-state index is 13.2. The van der Waals surface area contributed by atoms with E-state index in [-0.39, 0.29) is 18.5 Å². The molecule has 4 nitrogen and oxygen atoms in total. The molecule has 1 aromatic heterocycles. The largest absolute Gasteiger partial charge is 0.396 e. The Bertz CT molecular complexity index is 584. The lowest BCUT2D eigenvalue weighted by atomic mass is 10.0. The molecule has 1 aliphatic rings. The lowest BCUT2D eigenvalue weighted by Crippen LogP contribution is -2.35. The molecule has 5 heteroatoms. The molecule has 0 radical (unpaired) electrons. The molecule has 0 aliphatic carbocycles. The molecule has 1 fully saturated rings. The highest BCUT2D eigenvalue weighted by Crippen LogP contribution is 2.30. The van der Waals surface area contributed by atoms with E-state index < -0.39 is 0 Å². The van der Waals surface area contributed by atoms with Crippen LogP contribution in [0.2, 0.25) is 0 Å². The van der Waals surface area contributed by atoms with Crippen LogP contribution in [0.1, 0.15) is 37.5 Å². The average Bonchev–Trinajstić information content (AvgIpc) is 2.88. The van der Waals surface area contributed by atoms with Gasteiger partial charge in [0, 0.05) is 19.2 Å². The first-order valence-electron chi connectivity index (χ1n) is 7.28. The third-order valence-corrected chi connectivity index (χ3v) is 4.00. The van der Waals surface area contributed by atoms with E-state index in [1.807, 2.05) is 0 Å². The second kappa shape index (κ2) is 5.89. The number of aromatic nitrogens is 2. The summed E-state index contributed by atoms with van der Waals surface area (Å²) in [6, 6.07) is 4.92. The van der Waals surface area contributed by atoms with E-state index in [2.05, 4.69) is 14.9 Å². The highest BCUT2D eigenvalue weighted by Gasteiger charge is 2.26. The van der Waals surface area contributed by atoms with Crippen LogP contribution < -0.4 is 0 Å². The number of rotatable bonds is 4. The first kappa shape index (κ1) is 13.5. The number of hydrogen-bond acceptors (Lipinski definition) is 3. The number of aliphatic hydroxyl groups excluding tert-OH is 1. The van der Waals surface area contributed by atoms with Crippen LogP contribution in [0.5, 0.6) is 0 Å². The highest BCUT2D eigenvalue weighted by atomic mass is 19.1. The van der Waals surface area contributed by atoms with Crippen LogP contribution in [0.15, 0.2) is 18.2 Å². The van der Waals surface area contributed by atoms with E-state index in [1.54, 1.807) is 6.07 Å². The summed E-state index contributed by atoms with van der Waals surface area (Å²) in [5.74, 6) is 0.666. The van der Waals surface area contributed by atoms with Crippen molar-refractivity contribution in [3.8, 4) is 0 Å². The molecule has 1 atom stereocenters. The van der Waals surface area contributed by atoms with E-state index >= 15 is 0 Å². The zero-order valence-corrected chi connectivity index (χ0v) is 11.5. The third kappa shape index (κ3) is 2.69. The van der Waals surface area contributed by atoms with Crippen LogP contribution >= 0.6 is 0 Å². The minimum absolute atomic E-state index is 0.217. The van der Waals surface area contributed by atoms with Gasteiger partial charge in [0.05, 0.1) is 17.1 Å². The molecule has 1 aliphatic heterocycles. The summed E-state index contributed by atoms with van der Waals surface area (Å²) in [6.07, 6.45) is 4.22. The monoisotopic (exact) mass is 277 g/mol. The number of fused-ring (bicyclic) bond motifs is 1. The van der Waals surface area contributed by atoms with E-state index in [1.165, 1.54) is 25.0 Å². The molecule has 0 spiro atoms. The summed E-state index contributed by atoms with van der Waals surface area (Å²) in [7, 11) is 0. The van der Waals surface area contributed by atoms with Gasteiger partial charge < -0.3 is 10.1 Å². The molecular weight excluding hydrogens is 257 g/mol. The Balaban J connectivity index is 1.86. The van der Waals surface area contributed by atoms with Crippen LogP contribution in [0.25, 0.3) is 11.0 Å². The molecule has 2 N–H and O–H groups in total. The summed E-state index contributed by atoms with van der Waals surface area (Å²) in [5, 5.41) is 9.01. The van der Waals surface area contributed by atoms with Crippen molar-refractivity contribution in [2.75, 3.05) is 19.7 Å². The van der Waals surface area contributed by atoms with Crippen molar-refractivity contribution in [2.45, 2.75) is 31.7 Å². The second-order valence-electron chi connectivity index (χ2n) is 5.41. The average molecular weight is 277 g/mol. The predicted octanol–water partition coefficient (Wildman–Crippen LogP) is 2.61. The number of piperidine rings is 1. The van der Waals surface area contributed by atoms with Gasteiger partial charge in [0.15, 0.2) is 0 Å². The summed E-state index contributed by atoms with van der Waals surface area (Å²) in [4.78, 5) is 10.2. The Hall–Kier alpha value is -1.46. The van der Waals surface area contributed by atoms with Gasteiger partial charge >= 0.3 is 0 Å². The van der Waals surface area contributed by atoms with Gasteiger partial charge in [-0.1, -0.05) is 6.42 Å². The van der Waals surface area contributed by atoms with Crippen molar-refractivity contribution in [1.82, 2.24) is 14.9 Å². The van der Waals surface area contributed by atoms with Gasteiger partial charge in [0.1, 0.15) is 11.6 Å². The first-order chi connectivity index (χ1) is 9.78. The number of imidazole rings is 1. The van der Waals surface area contributed by atoms with Crippen molar-refractivity contribution < 1.29 is 9.50 Å². The van der Waals surface area contributed by atoms with Crippen molar-refractivity contribution >= 4 is 11.0 Å². The van der Waals surface area contributed by atoms with Gasteiger partial charge in [-0.3, -0.25) is 4.90 Å². The SMILES string of the molecule is OCCCN1CCCCC1c1nc2cc(F)ccc2[nH]1. The van der Waals surface area contributed by atoms with Gasteiger partial charge in [0.25, 0.3) is 0 Å². The number of benzene rings is 1. The maximum absolute atomic E-state index is 13.2. The molecule has 0 bridgehead atoms.